The van der Waals surface area contributed by atoms with E-state index in [1.54, 1.807) is 12.1 Å². The van der Waals surface area contributed by atoms with Crippen molar-refractivity contribution in [3.05, 3.63) is 71.3 Å². The molecule has 0 aromatic heterocycles. The van der Waals surface area contributed by atoms with Crippen molar-refractivity contribution < 1.29 is 29.0 Å². The molecule has 4 rings (SSSR count). The van der Waals surface area contributed by atoms with Gasteiger partial charge in [-0.05, 0) is 12.0 Å². The summed E-state index contributed by atoms with van der Waals surface area (Å²) in [6.07, 6.45) is -0.0788. The van der Waals surface area contributed by atoms with Gasteiger partial charge >= 0.3 is 5.79 Å². The summed E-state index contributed by atoms with van der Waals surface area (Å²) in [4.78, 5) is 20.4. The van der Waals surface area contributed by atoms with Crippen molar-refractivity contribution in [2.45, 2.75) is 31.2 Å². The molecule has 3 atom stereocenters. The van der Waals surface area contributed by atoms with Crippen LogP contribution < -0.4 is 0 Å². The molecule has 0 N–H and O–H groups in total. The number of hydrogen-bond acceptors (Lipinski definition) is 7. The van der Waals surface area contributed by atoms with E-state index >= 15 is 0 Å². The van der Waals surface area contributed by atoms with Crippen LogP contribution in [0.2, 0.25) is 0 Å². The minimum absolute atomic E-state index is 0.101. The molecule has 2 heterocycles. The molecule has 0 amide bonds. The zero-order valence-electron chi connectivity index (χ0n) is 13.9. The standard InChI is InChI=1S/C19H17NO6/c20-12-19(15-7-2-1-3-8-15)23-17(24-26-19)11-10-14-6-4-5-9-16(14)18-21-13-22-25-18/h1-9,17-18H,10-11,13H2/t17-,18?,19+/m1/s1. The minimum atomic E-state index is -1.54. The highest BCUT2D eigenvalue weighted by Gasteiger charge is 2.46. The van der Waals surface area contributed by atoms with Crippen molar-refractivity contribution in [1.82, 2.24) is 0 Å². The molecular formula is C19H17NO6. The van der Waals surface area contributed by atoms with Gasteiger partial charge in [-0.2, -0.15) is 19.9 Å². The van der Waals surface area contributed by atoms with E-state index in [1.807, 2.05) is 42.5 Å². The molecule has 1 unspecified atom stereocenters. The number of rotatable bonds is 5. The molecule has 26 heavy (non-hydrogen) atoms. The first kappa shape index (κ1) is 17.1. The van der Waals surface area contributed by atoms with Crippen molar-refractivity contribution in [2.75, 3.05) is 6.79 Å². The fourth-order valence-electron chi connectivity index (χ4n) is 2.95. The molecule has 0 radical (unpaired) electrons. The van der Waals surface area contributed by atoms with E-state index in [4.69, 9.17) is 29.0 Å². The third-order valence-electron chi connectivity index (χ3n) is 4.25. The van der Waals surface area contributed by atoms with E-state index in [2.05, 4.69) is 6.07 Å². The molecule has 134 valence electrons. The molecule has 0 aliphatic carbocycles. The van der Waals surface area contributed by atoms with Crippen molar-refractivity contribution in [3.63, 3.8) is 0 Å². The molecule has 7 heteroatoms. The van der Waals surface area contributed by atoms with Crippen LogP contribution in [0.3, 0.4) is 0 Å². The molecule has 2 aromatic carbocycles. The smallest absolute Gasteiger partial charge is 0.316 e. The van der Waals surface area contributed by atoms with Crippen molar-refractivity contribution in [1.29, 1.82) is 5.26 Å². The van der Waals surface area contributed by atoms with Crippen molar-refractivity contribution in [2.24, 2.45) is 0 Å². The first-order chi connectivity index (χ1) is 12.8. The summed E-state index contributed by atoms with van der Waals surface area (Å²) in [5.74, 6) is -1.54. The topological polar surface area (TPSA) is 79.2 Å². The van der Waals surface area contributed by atoms with E-state index in [9.17, 15) is 5.26 Å². The Kier molecular flexibility index (Phi) is 4.95. The summed E-state index contributed by atoms with van der Waals surface area (Å²) in [7, 11) is 0. The number of ether oxygens (including phenoxy) is 2. The summed E-state index contributed by atoms with van der Waals surface area (Å²) in [5.41, 5.74) is 2.50. The van der Waals surface area contributed by atoms with Crippen LogP contribution in [0.1, 0.15) is 29.4 Å². The Morgan fingerprint density at radius 3 is 2.62 bits per heavy atom. The Bertz CT molecular complexity index is 786. The van der Waals surface area contributed by atoms with Crippen molar-refractivity contribution >= 4 is 0 Å². The third-order valence-corrected chi connectivity index (χ3v) is 4.25. The van der Waals surface area contributed by atoms with Gasteiger partial charge in [0, 0.05) is 17.5 Å². The lowest BCUT2D eigenvalue weighted by molar-refractivity contribution is -0.319. The van der Waals surface area contributed by atoms with Gasteiger partial charge in [0.2, 0.25) is 6.29 Å². The molecule has 2 fully saturated rings. The molecule has 7 nitrogen and oxygen atoms in total. The summed E-state index contributed by atoms with van der Waals surface area (Å²) in [6.45, 7) is 0.101. The van der Waals surface area contributed by atoms with Crippen molar-refractivity contribution in [3.8, 4) is 6.07 Å². The lowest BCUT2D eigenvalue weighted by Gasteiger charge is -2.17. The van der Waals surface area contributed by atoms with E-state index in [0.717, 1.165) is 11.1 Å². The number of hydrogen-bond donors (Lipinski definition) is 0. The Balaban J connectivity index is 1.43. The SMILES string of the molecule is N#C[C@@]1(c2ccccc2)OO[C@H](CCc2ccccc2C2OCOO2)O1. The van der Waals surface area contributed by atoms with Crippen LogP contribution in [0.4, 0.5) is 0 Å². The van der Waals surface area contributed by atoms with Crippen LogP contribution in [-0.2, 0) is 41.2 Å². The van der Waals surface area contributed by atoms with E-state index in [-0.39, 0.29) is 6.79 Å². The summed E-state index contributed by atoms with van der Waals surface area (Å²) in [5, 5.41) is 9.53. The summed E-state index contributed by atoms with van der Waals surface area (Å²) in [6, 6.07) is 18.8. The van der Waals surface area contributed by atoms with Gasteiger partial charge in [-0.15, -0.1) is 0 Å². The largest absolute Gasteiger partial charge is 0.318 e. The monoisotopic (exact) mass is 355 g/mol. The fraction of sp³-hybridized carbons (Fsp3) is 0.316. The average molecular weight is 355 g/mol. The Hall–Kier alpha value is -2.31. The number of aryl methyl sites for hydroxylation is 1. The second kappa shape index (κ2) is 7.51. The Morgan fingerprint density at radius 2 is 1.85 bits per heavy atom. The first-order valence-corrected chi connectivity index (χ1v) is 8.27. The Labute approximate surface area is 150 Å². The second-order valence-corrected chi connectivity index (χ2v) is 5.89. The zero-order chi connectivity index (χ0) is 17.8. The van der Waals surface area contributed by atoms with Gasteiger partial charge in [-0.1, -0.05) is 54.6 Å². The molecule has 2 aliphatic heterocycles. The maximum atomic E-state index is 9.53. The van der Waals surface area contributed by atoms with E-state index in [0.29, 0.717) is 18.4 Å². The number of nitriles is 1. The summed E-state index contributed by atoms with van der Waals surface area (Å²) < 4.78 is 11.2. The highest BCUT2D eigenvalue weighted by atomic mass is 17.3. The molecule has 2 aromatic rings. The number of benzene rings is 2. The molecule has 0 saturated carbocycles. The van der Waals surface area contributed by atoms with Gasteiger partial charge in [0.05, 0.1) is 0 Å². The van der Waals surface area contributed by atoms with Gasteiger partial charge in [-0.25, -0.2) is 4.89 Å². The second-order valence-electron chi connectivity index (χ2n) is 5.89. The normalized spacial score (nSPS) is 28.1. The van der Waals surface area contributed by atoms with Crippen LogP contribution in [0.5, 0.6) is 0 Å². The molecule has 0 bridgehead atoms. The third kappa shape index (κ3) is 3.34. The van der Waals surface area contributed by atoms with Crippen LogP contribution in [-0.4, -0.2) is 13.1 Å². The van der Waals surface area contributed by atoms with E-state index < -0.39 is 18.4 Å². The Morgan fingerprint density at radius 1 is 1.04 bits per heavy atom. The van der Waals surface area contributed by atoms with Gasteiger partial charge in [0.25, 0.3) is 0 Å². The molecule has 2 aliphatic rings. The molecule has 2 saturated heterocycles. The summed E-state index contributed by atoms with van der Waals surface area (Å²) >= 11 is 0. The van der Waals surface area contributed by atoms with Crippen LogP contribution >= 0.6 is 0 Å². The van der Waals surface area contributed by atoms with E-state index in [1.165, 1.54) is 0 Å². The zero-order valence-corrected chi connectivity index (χ0v) is 13.9. The number of nitrogens with zero attached hydrogens (tertiary/aromatic N) is 1. The van der Waals surface area contributed by atoms with Gasteiger partial charge in [0.1, 0.15) is 6.07 Å². The van der Waals surface area contributed by atoms with Gasteiger partial charge in [0.15, 0.2) is 13.1 Å². The molecule has 0 spiro atoms. The first-order valence-electron chi connectivity index (χ1n) is 8.27. The van der Waals surface area contributed by atoms with Crippen LogP contribution in [0.15, 0.2) is 54.6 Å². The van der Waals surface area contributed by atoms with Gasteiger partial charge < -0.3 is 4.74 Å². The average Bonchev–Trinajstić information content (AvgIpc) is 3.38. The predicted molar refractivity (Wildman–Crippen MR) is 86.4 cm³/mol. The maximum absolute atomic E-state index is 9.53. The molecular weight excluding hydrogens is 338 g/mol. The maximum Gasteiger partial charge on any atom is 0.318 e. The minimum Gasteiger partial charge on any atom is -0.316 e. The quantitative estimate of drug-likeness (QED) is 0.762. The predicted octanol–water partition coefficient (Wildman–Crippen LogP) is 3.23. The van der Waals surface area contributed by atoms with Gasteiger partial charge in [-0.3, -0.25) is 4.74 Å². The lowest BCUT2D eigenvalue weighted by Crippen LogP contribution is -2.26. The highest BCUT2D eigenvalue weighted by molar-refractivity contribution is 5.29. The fourth-order valence-corrected chi connectivity index (χ4v) is 2.95. The highest BCUT2D eigenvalue weighted by Crippen LogP contribution is 2.36. The van der Waals surface area contributed by atoms with Crippen LogP contribution in [0, 0.1) is 11.3 Å². The lowest BCUT2D eigenvalue weighted by atomic mass is 10.0. The van der Waals surface area contributed by atoms with Crippen LogP contribution in [0.25, 0.3) is 0 Å².